The van der Waals surface area contributed by atoms with Crippen molar-refractivity contribution in [1.82, 2.24) is 5.32 Å². The van der Waals surface area contributed by atoms with Gasteiger partial charge in [-0.3, -0.25) is 4.79 Å². The van der Waals surface area contributed by atoms with Crippen LogP contribution in [0, 0.1) is 0 Å². The number of rotatable bonds is 56. The molecule has 0 heterocycles. The summed E-state index contributed by atoms with van der Waals surface area (Å²) in [6, 6.07) is -0.807. The van der Waals surface area contributed by atoms with Crippen LogP contribution in [0.5, 0.6) is 0 Å². The Balaban J connectivity index is 3.48. The second-order valence-corrected chi connectivity index (χ2v) is 20.9. The third-order valence-electron chi connectivity index (χ3n) is 14.4. The Kier molecular flexibility index (Phi) is 54.9. The molecule has 0 fully saturated rings. The van der Waals surface area contributed by atoms with Crippen molar-refractivity contribution in [3.05, 3.63) is 12.2 Å². The quantitative estimate of drug-likeness (QED) is 0.0361. The van der Waals surface area contributed by atoms with Crippen molar-refractivity contribution in [2.75, 3.05) is 6.61 Å². The number of carbonyl (C=O) groups excluding carboxylic acids is 1. The molecule has 0 aliphatic carbocycles. The van der Waals surface area contributed by atoms with Gasteiger partial charge in [-0.25, -0.2) is 0 Å². The molecule has 0 aromatic heterocycles. The molecule has 0 spiro atoms. The van der Waals surface area contributed by atoms with Gasteiger partial charge in [0.2, 0.25) is 5.91 Å². The van der Waals surface area contributed by atoms with Crippen LogP contribution in [0.3, 0.4) is 0 Å². The van der Waals surface area contributed by atoms with Gasteiger partial charge in [0, 0.05) is 6.42 Å². The summed E-state index contributed by atoms with van der Waals surface area (Å²) >= 11 is 0. The second kappa shape index (κ2) is 55.7. The Bertz CT molecular complexity index is 925. The van der Waals surface area contributed by atoms with Crippen LogP contribution < -0.4 is 5.32 Å². The Morgan fingerprint density at radius 2 is 0.615 bits per heavy atom. The minimum atomic E-state index is -1.13. The minimum absolute atomic E-state index is 0.137. The first-order valence-corrected chi connectivity index (χ1v) is 30.0. The molecule has 5 nitrogen and oxygen atoms in total. The third kappa shape index (κ3) is 50.8. The number of amides is 1. The predicted octanol–water partition coefficient (Wildman–Crippen LogP) is 18.7. The lowest BCUT2D eigenvalue weighted by Gasteiger charge is -2.26. The van der Waals surface area contributed by atoms with E-state index >= 15 is 0 Å². The van der Waals surface area contributed by atoms with Crippen molar-refractivity contribution in [2.45, 2.75) is 360 Å². The molecule has 0 aromatic carbocycles. The van der Waals surface area contributed by atoms with E-state index in [2.05, 4.69) is 31.3 Å². The highest BCUT2D eigenvalue weighted by Crippen LogP contribution is 2.18. The highest BCUT2D eigenvalue weighted by Gasteiger charge is 2.26. The maximum Gasteiger partial charge on any atom is 0.220 e. The molecule has 3 atom stereocenters. The fourth-order valence-corrected chi connectivity index (χ4v) is 9.75. The van der Waals surface area contributed by atoms with Crippen molar-refractivity contribution in [3.63, 3.8) is 0 Å². The van der Waals surface area contributed by atoms with E-state index in [0.717, 1.165) is 32.1 Å². The van der Waals surface area contributed by atoms with Gasteiger partial charge in [0.1, 0.15) is 6.10 Å². The summed E-state index contributed by atoms with van der Waals surface area (Å²) < 4.78 is 0. The molecular formula is C60H119NO4. The number of aliphatic hydroxyl groups is 3. The average molecular weight is 919 g/mol. The zero-order valence-electron chi connectivity index (χ0n) is 44.4. The van der Waals surface area contributed by atoms with Crippen LogP contribution in [-0.4, -0.2) is 46.1 Å². The molecule has 0 saturated heterocycles. The highest BCUT2D eigenvalue weighted by molar-refractivity contribution is 5.76. The number of carbonyl (C=O) groups is 1. The highest BCUT2D eigenvalue weighted by atomic mass is 16.3. The summed E-state index contributed by atoms with van der Waals surface area (Å²) in [5.41, 5.74) is 0. The minimum Gasteiger partial charge on any atom is -0.394 e. The molecule has 0 rings (SSSR count). The Morgan fingerprint density at radius 3 is 0.892 bits per heavy atom. The summed E-state index contributed by atoms with van der Waals surface area (Å²) in [6.07, 6.45) is 69.5. The van der Waals surface area contributed by atoms with Crippen molar-refractivity contribution in [2.24, 2.45) is 0 Å². The summed E-state index contributed by atoms with van der Waals surface area (Å²) in [4.78, 5) is 12.5. The van der Waals surface area contributed by atoms with Gasteiger partial charge < -0.3 is 20.6 Å². The van der Waals surface area contributed by atoms with Gasteiger partial charge in [0.05, 0.1) is 18.8 Å². The molecule has 0 aliphatic heterocycles. The molecule has 0 aromatic rings. The maximum absolute atomic E-state index is 12.5. The number of unbranched alkanes of at least 4 members (excludes halogenated alkanes) is 46. The van der Waals surface area contributed by atoms with Crippen LogP contribution in [0.4, 0.5) is 0 Å². The van der Waals surface area contributed by atoms with Crippen molar-refractivity contribution in [1.29, 1.82) is 0 Å². The van der Waals surface area contributed by atoms with Crippen LogP contribution in [0.25, 0.3) is 0 Å². The first kappa shape index (κ1) is 64.1. The molecule has 3 unspecified atom stereocenters. The number of hydrogen-bond donors (Lipinski definition) is 4. The van der Waals surface area contributed by atoms with Gasteiger partial charge in [-0.2, -0.15) is 0 Å². The topological polar surface area (TPSA) is 89.8 Å². The van der Waals surface area contributed by atoms with Gasteiger partial charge in [0.25, 0.3) is 0 Å². The van der Waals surface area contributed by atoms with Crippen molar-refractivity contribution >= 4 is 5.91 Å². The summed E-state index contributed by atoms with van der Waals surface area (Å²) in [5.74, 6) is -0.137. The summed E-state index contributed by atoms with van der Waals surface area (Å²) in [7, 11) is 0. The summed E-state index contributed by atoms with van der Waals surface area (Å²) in [6.45, 7) is 4.23. The molecule has 4 N–H and O–H groups in total. The standard InChI is InChI=1S/C60H119NO4/c1-3-5-7-9-11-13-15-17-19-21-23-25-26-27-28-29-30-31-32-33-34-35-37-39-41-43-45-47-49-51-53-55-59(64)61-57(56-62)60(65)58(63)54-52-50-48-46-44-42-40-38-36-24-22-20-18-16-14-12-10-8-6-4-2/h27-28,57-58,60,62-63,65H,3-26,29-56H2,1-2H3,(H,61,64)/b28-27-. The first-order chi connectivity index (χ1) is 32.1. The molecule has 0 aliphatic rings. The molecular weight excluding hydrogens is 799 g/mol. The van der Waals surface area contributed by atoms with Gasteiger partial charge in [0.15, 0.2) is 0 Å². The molecule has 65 heavy (non-hydrogen) atoms. The van der Waals surface area contributed by atoms with E-state index in [1.165, 1.54) is 283 Å². The maximum atomic E-state index is 12.5. The zero-order chi connectivity index (χ0) is 47.2. The molecule has 388 valence electrons. The molecule has 0 radical (unpaired) electrons. The lowest BCUT2D eigenvalue weighted by molar-refractivity contribution is -0.124. The summed E-state index contributed by atoms with van der Waals surface area (Å²) in [5, 5.41) is 33.8. The van der Waals surface area contributed by atoms with Crippen molar-refractivity contribution in [3.8, 4) is 0 Å². The lowest BCUT2D eigenvalue weighted by atomic mass is 9.99. The third-order valence-corrected chi connectivity index (χ3v) is 14.4. The van der Waals surface area contributed by atoms with E-state index in [9.17, 15) is 20.1 Å². The van der Waals surface area contributed by atoms with Crippen LogP contribution >= 0.6 is 0 Å². The monoisotopic (exact) mass is 918 g/mol. The Labute approximate surface area is 408 Å². The molecule has 0 saturated carbocycles. The fourth-order valence-electron chi connectivity index (χ4n) is 9.75. The van der Waals surface area contributed by atoms with Gasteiger partial charge in [-0.15, -0.1) is 0 Å². The smallest absolute Gasteiger partial charge is 0.220 e. The number of nitrogens with one attached hydrogen (secondary N) is 1. The van der Waals surface area contributed by atoms with E-state index in [-0.39, 0.29) is 12.5 Å². The van der Waals surface area contributed by atoms with Crippen LogP contribution in [0.15, 0.2) is 12.2 Å². The molecule has 1 amide bonds. The Hall–Kier alpha value is -0.910. The normalized spacial score (nSPS) is 13.2. The predicted molar refractivity (Wildman–Crippen MR) is 287 cm³/mol. The zero-order valence-corrected chi connectivity index (χ0v) is 44.4. The van der Waals surface area contributed by atoms with Gasteiger partial charge in [-0.1, -0.05) is 309 Å². The van der Waals surface area contributed by atoms with E-state index in [0.29, 0.717) is 12.8 Å². The molecule has 0 bridgehead atoms. The van der Waals surface area contributed by atoms with Crippen LogP contribution in [0.1, 0.15) is 341 Å². The van der Waals surface area contributed by atoms with Gasteiger partial charge >= 0.3 is 0 Å². The van der Waals surface area contributed by atoms with Crippen LogP contribution in [-0.2, 0) is 4.79 Å². The molecule has 5 heteroatoms. The van der Waals surface area contributed by atoms with Crippen molar-refractivity contribution < 1.29 is 20.1 Å². The van der Waals surface area contributed by atoms with Gasteiger partial charge in [-0.05, 0) is 38.5 Å². The lowest BCUT2D eigenvalue weighted by Crippen LogP contribution is -2.50. The van der Waals surface area contributed by atoms with Crippen LogP contribution in [0.2, 0.25) is 0 Å². The first-order valence-electron chi connectivity index (χ1n) is 30.0. The second-order valence-electron chi connectivity index (χ2n) is 20.9. The fraction of sp³-hybridized carbons (Fsp3) is 0.950. The number of hydrogen-bond acceptors (Lipinski definition) is 4. The number of allylic oxidation sites excluding steroid dienone is 2. The SMILES string of the molecule is CCCCCCCCCCCCCC/C=C\CCCCCCCCCCCCCCCCCC(=O)NC(CO)C(O)C(O)CCCCCCCCCCCCCCCCCCCCCC. The van der Waals surface area contributed by atoms with E-state index in [1.807, 2.05) is 0 Å². The van der Waals surface area contributed by atoms with E-state index in [1.54, 1.807) is 0 Å². The van der Waals surface area contributed by atoms with E-state index < -0.39 is 18.2 Å². The largest absolute Gasteiger partial charge is 0.394 e. The number of aliphatic hydroxyl groups excluding tert-OH is 3. The van der Waals surface area contributed by atoms with E-state index in [4.69, 9.17) is 0 Å². The average Bonchev–Trinajstić information content (AvgIpc) is 3.31. The Morgan fingerprint density at radius 1 is 0.369 bits per heavy atom.